The third kappa shape index (κ3) is 3.67. The molecule has 5 rings (SSSR count). The fraction of sp³-hybridized carbons (Fsp3) is 0.261. The fourth-order valence-corrected chi connectivity index (χ4v) is 4.91. The molecule has 158 valence electrons. The standard InChI is InChI=1S/C23H22FN5OS/c1-15-4-3-5-19(14-15)29-21-20(16(2)26-29)31-23(25-21)28-12-10-27(11-13-28)22(30)17-6-8-18(24)9-7-17/h3-9,14H,10-13H2,1-2H3. The van der Waals surface area contributed by atoms with Gasteiger partial charge in [0, 0.05) is 31.7 Å². The molecule has 1 aliphatic rings. The quantitative estimate of drug-likeness (QED) is 0.484. The highest BCUT2D eigenvalue weighted by molar-refractivity contribution is 7.22. The van der Waals surface area contributed by atoms with E-state index in [2.05, 4.69) is 29.1 Å². The molecule has 0 spiro atoms. The molecule has 1 saturated heterocycles. The molecule has 8 heteroatoms. The van der Waals surface area contributed by atoms with Crippen LogP contribution in [0, 0.1) is 19.7 Å². The molecule has 2 aromatic carbocycles. The Kier molecular flexibility index (Phi) is 4.94. The molecule has 1 fully saturated rings. The van der Waals surface area contributed by atoms with Crippen molar-refractivity contribution in [1.29, 1.82) is 0 Å². The lowest BCUT2D eigenvalue weighted by molar-refractivity contribution is 0.0746. The Hall–Kier alpha value is -3.26. The zero-order valence-electron chi connectivity index (χ0n) is 17.4. The van der Waals surface area contributed by atoms with E-state index in [1.807, 2.05) is 28.6 Å². The Bertz CT molecular complexity index is 1250. The average Bonchev–Trinajstić information content (AvgIpc) is 3.34. The number of halogens is 1. The average molecular weight is 436 g/mol. The van der Waals surface area contributed by atoms with E-state index in [9.17, 15) is 9.18 Å². The molecule has 4 aromatic rings. The summed E-state index contributed by atoms with van der Waals surface area (Å²) in [5.41, 5.74) is 4.53. The summed E-state index contributed by atoms with van der Waals surface area (Å²) in [6, 6.07) is 14.0. The number of thiazole rings is 1. The second-order valence-electron chi connectivity index (χ2n) is 7.77. The van der Waals surface area contributed by atoms with Gasteiger partial charge in [-0.3, -0.25) is 4.79 Å². The van der Waals surface area contributed by atoms with Gasteiger partial charge in [0.25, 0.3) is 5.91 Å². The number of aryl methyl sites for hydroxylation is 2. The molecule has 0 aliphatic carbocycles. The van der Waals surface area contributed by atoms with Gasteiger partial charge in [-0.25, -0.2) is 9.07 Å². The van der Waals surface area contributed by atoms with E-state index in [0.29, 0.717) is 31.7 Å². The number of hydrogen-bond acceptors (Lipinski definition) is 5. The number of rotatable bonds is 3. The van der Waals surface area contributed by atoms with Gasteiger partial charge < -0.3 is 9.80 Å². The van der Waals surface area contributed by atoms with Crippen LogP contribution in [-0.2, 0) is 0 Å². The first-order valence-corrected chi connectivity index (χ1v) is 11.0. The van der Waals surface area contributed by atoms with Crippen LogP contribution in [0.1, 0.15) is 21.6 Å². The summed E-state index contributed by atoms with van der Waals surface area (Å²) < 4.78 is 16.1. The molecule has 0 unspecified atom stereocenters. The van der Waals surface area contributed by atoms with Crippen LogP contribution >= 0.6 is 11.3 Å². The molecule has 1 aliphatic heterocycles. The Balaban J connectivity index is 1.35. The highest BCUT2D eigenvalue weighted by Gasteiger charge is 2.25. The Morgan fingerprint density at radius 3 is 2.48 bits per heavy atom. The fourth-order valence-electron chi connectivity index (χ4n) is 3.87. The zero-order chi connectivity index (χ0) is 21.5. The molecule has 6 nitrogen and oxygen atoms in total. The van der Waals surface area contributed by atoms with Crippen LogP contribution in [0.3, 0.4) is 0 Å². The van der Waals surface area contributed by atoms with Crippen molar-refractivity contribution in [2.45, 2.75) is 13.8 Å². The van der Waals surface area contributed by atoms with Crippen molar-refractivity contribution in [2.24, 2.45) is 0 Å². The van der Waals surface area contributed by atoms with E-state index in [4.69, 9.17) is 4.98 Å². The highest BCUT2D eigenvalue weighted by Crippen LogP contribution is 2.33. The van der Waals surface area contributed by atoms with E-state index < -0.39 is 0 Å². The number of anilines is 1. The van der Waals surface area contributed by atoms with Crippen molar-refractivity contribution in [2.75, 3.05) is 31.1 Å². The predicted molar refractivity (Wildman–Crippen MR) is 121 cm³/mol. The van der Waals surface area contributed by atoms with Crippen molar-refractivity contribution in [1.82, 2.24) is 19.7 Å². The van der Waals surface area contributed by atoms with Crippen molar-refractivity contribution in [3.8, 4) is 5.69 Å². The van der Waals surface area contributed by atoms with Gasteiger partial charge in [-0.1, -0.05) is 23.5 Å². The zero-order valence-corrected chi connectivity index (χ0v) is 18.2. The van der Waals surface area contributed by atoms with Gasteiger partial charge in [-0.05, 0) is 55.8 Å². The van der Waals surface area contributed by atoms with E-state index in [-0.39, 0.29) is 11.7 Å². The summed E-state index contributed by atoms with van der Waals surface area (Å²) in [4.78, 5) is 21.6. The van der Waals surface area contributed by atoms with Gasteiger partial charge >= 0.3 is 0 Å². The van der Waals surface area contributed by atoms with Crippen LogP contribution in [0.2, 0.25) is 0 Å². The molecule has 0 N–H and O–H groups in total. The Labute approximate surface area is 183 Å². The topological polar surface area (TPSA) is 54.3 Å². The van der Waals surface area contributed by atoms with E-state index in [1.54, 1.807) is 11.3 Å². The number of benzene rings is 2. The highest BCUT2D eigenvalue weighted by atomic mass is 32.1. The van der Waals surface area contributed by atoms with Crippen molar-refractivity contribution in [3.63, 3.8) is 0 Å². The lowest BCUT2D eigenvalue weighted by Gasteiger charge is -2.34. The second kappa shape index (κ2) is 7.77. The van der Waals surface area contributed by atoms with Gasteiger partial charge in [0.2, 0.25) is 0 Å². The van der Waals surface area contributed by atoms with Gasteiger partial charge in [0.05, 0.1) is 16.1 Å². The molecule has 0 saturated carbocycles. The monoisotopic (exact) mass is 435 g/mol. The number of carbonyl (C=O) groups excluding carboxylic acids is 1. The summed E-state index contributed by atoms with van der Waals surface area (Å²) >= 11 is 1.64. The van der Waals surface area contributed by atoms with Crippen LogP contribution in [0.5, 0.6) is 0 Å². The third-order valence-electron chi connectivity index (χ3n) is 5.55. The number of amides is 1. The van der Waals surface area contributed by atoms with Crippen molar-refractivity contribution in [3.05, 3.63) is 71.2 Å². The van der Waals surface area contributed by atoms with E-state index in [0.717, 1.165) is 26.9 Å². The number of hydrogen-bond donors (Lipinski definition) is 0. The molecule has 2 aromatic heterocycles. The first kappa shape index (κ1) is 19.7. The first-order valence-electron chi connectivity index (χ1n) is 10.2. The van der Waals surface area contributed by atoms with Crippen LogP contribution in [0.4, 0.5) is 9.52 Å². The minimum absolute atomic E-state index is 0.0603. The summed E-state index contributed by atoms with van der Waals surface area (Å²) in [6.07, 6.45) is 0. The molecular weight excluding hydrogens is 413 g/mol. The van der Waals surface area contributed by atoms with Crippen LogP contribution in [0.15, 0.2) is 48.5 Å². The normalized spacial score (nSPS) is 14.4. The number of nitrogens with zero attached hydrogens (tertiary/aromatic N) is 5. The summed E-state index contributed by atoms with van der Waals surface area (Å²) in [5, 5.41) is 5.64. The molecular formula is C23H22FN5OS. The number of piperazine rings is 1. The lowest BCUT2D eigenvalue weighted by Crippen LogP contribution is -2.48. The minimum atomic E-state index is -0.336. The second-order valence-corrected chi connectivity index (χ2v) is 8.75. The minimum Gasteiger partial charge on any atom is -0.344 e. The maximum absolute atomic E-state index is 13.1. The number of carbonyl (C=O) groups is 1. The maximum Gasteiger partial charge on any atom is 0.253 e. The molecule has 1 amide bonds. The van der Waals surface area contributed by atoms with E-state index >= 15 is 0 Å². The van der Waals surface area contributed by atoms with Crippen LogP contribution < -0.4 is 4.90 Å². The van der Waals surface area contributed by atoms with Crippen molar-refractivity contribution < 1.29 is 9.18 Å². The molecule has 3 heterocycles. The lowest BCUT2D eigenvalue weighted by atomic mass is 10.2. The third-order valence-corrected chi connectivity index (χ3v) is 6.77. The molecule has 0 bridgehead atoms. The first-order chi connectivity index (χ1) is 15.0. The van der Waals surface area contributed by atoms with Crippen LogP contribution in [-0.4, -0.2) is 51.8 Å². The maximum atomic E-state index is 13.1. The Morgan fingerprint density at radius 1 is 1.03 bits per heavy atom. The van der Waals surface area contributed by atoms with Gasteiger partial charge in [0.1, 0.15) is 5.82 Å². The van der Waals surface area contributed by atoms with Crippen LogP contribution in [0.25, 0.3) is 16.0 Å². The van der Waals surface area contributed by atoms with Gasteiger partial charge in [-0.2, -0.15) is 10.1 Å². The summed E-state index contributed by atoms with van der Waals surface area (Å²) in [7, 11) is 0. The summed E-state index contributed by atoms with van der Waals surface area (Å²) in [6.45, 7) is 6.70. The number of fused-ring (bicyclic) bond motifs is 1. The van der Waals surface area contributed by atoms with E-state index in [1.165, 1.54) is 29.8 Å². The molecule has 31 heavy (non-hydrogen) atoms. The molecule has 0 atom stereocenters. The predicted octanol–water partition coefficient (Wildman–Crippen LogP) is 4.20. The van der Waals surface area contributed by atoms with Crippen molar-refractivity contribution >= 4 is 32.7 Å². The van der Waals surface area contributed by atoms with Gasteiger partial charge in [0.15, 0.2) is 10.8 Å². The molecule has 0 radical (unpaired) electrons. The summed E-state index contributed by atoms with van der Waals surface area (Å²) in [5.74, 6) is -0.397. The Morgan fingerprint density at radius 2 is 1.77 bits per heavy atom. The SMILES string of the molecule is Cc1cccc(-n2nc(C)c3sc(N4CCN(C(=O)c5ccc(F)cc5)CC4)nc32)c1. The van der Waals surface area contributed by atoms with Gasteiger partial charge in [-0.15, -0.1) is 0 Å². The smallest absolute Gasteiger partial charge is 0.253 e. The number of aromatic nitrogens is 3. The largest absolute Gasteiger partial charge is 0.344 e.